The molecular formula is C16H14N2O3. The van der Waals surface area contributed by atoms with E-state index in [-0.39, 0.29) is 13.4 Å². The second-order valence-electron chi connectivity index (χ2n) is 5.07. The van der Waals surface area contributed by atoms with Crippen LogP contribution in [-0.4, -0.2) is 21.3 Å². The quantitative estimate of drug-likeness (QED) is 0.784. The summed E-state index contributed by atoms with van der Waals surface area (Å²) in [6, 6.07) is 9.69. The van der Waals surface area contributed by atoms with Crippen LogP contribution in [0.25, 0.3) is 16.9 Å². The van der Waals surface area contributed by atoms with Gasteiger partial charge in [0.2, 0.25) is 6.79 Å². The highest BCUT2D eigenvalue weighted by Crippen LogP contribution is 2.36. The molecule has 1 aliphatic heterocycles. The van der Waals surface area contributed by atoms with Crippen LogP contribution in [0.2, 0.25) is 0 Å². The van der Waals surface area contributed by atoms with Gasteiger partial charge in [-0.2, -0.15) is 0 Å². The van der Waals surface area contributed by atoms with E-state index < -0.39 is 0 Å². The molecule has 3 heterocycles. The fraction of sp³-hybridized carbons (Fsp3) is 0.188. The van der Waals surface area contributed by atoms with Crippen LogP contribution in [-0.2, 0) is 6.61 Å². The van der Waals surface area contributed by atoms with Crippen molar-refractivity contribution in [3.8, 4) is 22.8 Å². The number of nitrogens with zero attached hydrogens (tertiary/aromatic N) is 2. The second kappa shape index (κ2) is 4.49. The molecule has 0 saturated heterocycles. The SMILES string of the molecule is Cc1ccn2c(CO)c(-c3ccc4c(c3)OCO4)nc2c1. The number of rotatable bonds is 2. The molecule has 106 valence electrons. The number of aryl methyl sites for hydroxylation is 1. The first-order valence-electron chi connectivity index (χ1n) is 6.75. The maximum atomic E-state index is 9.71. The molecular weight excluding hydrogens is 268 g/mol. The number of aliphatic hydroxyl groups excluding tert-OH is 1. The summed E-state index contributed by atoms with van der Waals surface area (Å²) in [5.41, 5.74) is 4.40. The Hall–Kier alpha value is -2.53. The first-order valence-corrected chi connectivity index (χ1v) is 6.75. The molecule has 4 rings (SSSR count). The molecule has 0 atom stereocenters. The highest BCUT2D eigenvalue weighted by atomic mass is 16.7. The summed E-state index contributed by atoms with van der Waals surface area (Å²) in [5, 5.41) is 9.71. The van der Waals surface area contributed by atoms with Gasteiger partial charge in [-0.3, -0.25) is 0 Å². The lowest BCUT2D eigenvalue weighted by atomic mass is 10.1. The zero-order chi connectivity index (χ0) is 14.4. The molecule has 21 heavy (non-hydrogen) atoms. The van der Waals surface area contributed by atoms with Crippen LogP contribution in [0.5, 0.6) is 11.5 Å². The maximum absolute atomic E-state index is 9.71. The Morgan fingerprint density at radius 1 is 1.19 bits per heavy atom. The zero-order valence-corrected chi connectivity index (χ0v) is 11.5. The Bertz CT molecular complexity index is 839. The third-order valence-electron chi connectivity index (χ3n) is 3.68. The number of hydrogen-bond acceptors (Lipinski definition) is 4. The van der Waals surface area contributed by atoms with Gasteiger partial charge in [-0.1, -0.05) is 0 Å². The molecule has 0 amide bonds. The minimum Gasteiger partial charge on any atom is -0.454 e. The van der Waals surface area contributed by atoms with Gasteiger partial charge in [0.1, 0.15) is 5.65 Å². The normalized spacial score (nSPS) is 13.0. The van der Waals surface area contributed by atoms with E-state index in [0.29, 0.717) is 5.75 Å². The van der Waals surface area contributed by atoms with E-state index in [0.717, 1.165) is 33.9 Å². The van der Waals surface area contributed by atoms with Gasteiger partial charge in [0, 0.05) is 11.8 Å². The number of benzene rings is 1. The fourth-order valence-electron chi connectivity index (χ4n) is 2.62. The predicted molar refractivity (Wildman–Crippen MR) is 77.4 cm³/mol. The molecule has 5 heteroatoms. The Kier molecular flexibility index (Phi) is 2.62. The van der Waals surface area contributed by atoms with Crippen molar-refractivity contribution in [1.29, 1.82) is 0 Å². The van der Waals surface area contributed by atoms with Crippen molar-refractivity contribution in [2.45, 2.75) is 13.5 Å². The monoisotopic (exact) mass is 282 g/mol. The first kappa shape index (κ1) is 12.2. The van der Waals surface area contributed by atoms with Crippen molar-refractivity contribution >= 4 is 5.65 Å². The van der Waals surface area contributed by atoms with Gasteiger partial charge >= 0.3 is 0 Å². The van der Waals surface area contributed by atoms with Gasteiger partial charge in [0.25, 0.3) is 0 Å². The standard InChI is InChI=1S/C16H14N2O3/c1-10-4-5-18-12(8-19)16(17-15(18)6-10)11-2-3-13-14(7-11)21-9-20-13/h2-7,19H,8-9H2,1H3. The van der Waals surface area contributed by atoms with Crippen molar-refractivity contribution in [1.82, 2.24) is 9.38 Å². The number of aromatic nitrogens is 2. The van der Waals surface area contributed by atoms with E-state index in [1.807, 2.05) is 47.9 Å². The van der Waals surface area contributed by atoms with Gasteiger partial charge in [-0.15, -0.1) is 0 Å². The Morgan fingerprint density at radius 3 is 2.90 bits per heavy atom. The smallest absolute Gasteiger partial charge is 0.231 e. The van der Waals surface area contributed by atoms with Crippen LogP contribution in [0.1, 0.15) is 11.3 Å². The molecule has 1 N–H and O–H groups in total. The number of fused-ring (bicyclic) bond motifs is 2. The summed E-state index contributed by atoms with van der Waals surface area (Å²) >= 11 is 0. The van der Waals surface area contributed by atoms with E-state index in [4.69, 9.17) is 9.47 Å². The lowest BCUT2D eigenvalue weighted by molar-refractivity contribution is 0.174. The Morgan fingerprint density at radius 2 is 2.05 bits per heavy atom. The lowest BCUT2D eigenvalue weighted by Gasteiger charge is -2.03. The van der Waals surface area contributed by atoms with E-state index in [2.05, 4.69) is 4.98 Å². The van der Waals surface area contributed by atoms with Crippen LogP contribution in [0.15, 0.2) is 36.5 Å². The largest absolute Gasteiger partial charge is 0.454 e. The molecule has 1 aliphatic rings. The molecule has 0 spiro atoms. The van der Waals surface area contributed by atoms with Gasteiger partial charge < -0.3 is 19.0 Å². The minimum absolute atomic E-state index is 0.0754. The Labute approximate surface area is 121 Å². The van der Waals surface area contributed by atoms with E-state index in [1.165, 1.54) is 0 Å². The summed E-state index contributed by atoms with van der Waals surface area (Å²) in [4.78, 5) is 4.65. The van der Waals surface area contributed by atoms with E-state index in [1.54, 1.807) is 0 Å². The Balaban J connectivity index is 1.93. The third-order valence-corrected chi connectivity index (χ3v) is 3.68. The summed E-state index contributed by atoms with van der Waals surface area (Å²) < 4.78 is 12.6. The number of aliphatic hydroxyl groups is 1. The van der Waals surface area contributed by atoms with Crippen LogP contribution in [0.4, 0.5) is 0 Å². The molecule has 5 nitrogen and oxygen atoms in total. The molecule has 0 saturated carbocycles. The summed E-state index contributed by atoms with van der Waals surface area (Å²) in [5.74, 6) is 1.45. The number of pyridine rings is 1. The molecule has 0 aliphatic carbocycles. The van der Waals surface area contributed by atoms with Gasteiger partial charge in [-0.25, -0.2) is 4.98 Å². The lowest BCUT2D eigenvalue weighted by Crippen LogP contribution is -1.94. The summed E-state index contributed by atoms with van der Waals surface area (Å²) in [6.45, 7) is 2.19. The van der Waals surface area contributed by atoms with Crippen LogP contribution in [0.3, 0.4) is 0 Å². The predicted octanol–water partition coefficient (Wildman–Crippen LogP) is 2.53. The van der Waals surface area contributed by atoms with Crippen molar-refractivity contribution in [2.24, 2.45) is 0 Å². The molecule has 0 fully saturated rings. The van der Waals surface area contributed by atoms with Gasteiger partial charge in [0.05, 0.1) is 18.0 Å². The molecule has 0 bridgehead atoms. The van der Waals surface area contributed by atoms with Crippen molar-refractivity contribution in [2.75, 3.05) is 6.79 Å². The fourth-order valence-corrected chi connectivity index (χ4v) is 2.62. The number of ether oxygens (including phenoxy) is 2. The van der Waals surface area contributed by atoms with Crippen molar-refractivity contribution < 1.29 is 14.6 Å². The average molecular weight is 282 g/mol. The second-order valence-corrected chi connectivity index (χ2v) is 5.07. The van der Waals surface area contributed by atoms with E-state index in [9.17, 15) is 5.11 Å². The third kappa shape index (κ3) is 1.86. The first-order chi connectivity index (χ1) is 10.3. The van der Waals surface area contributed by atoms with Crippen molar-refractivity contribution in [3.63, 3.8) is 0 Å². The number of hydrogen-bond donors (Lipinski definition) is 1. The van der Waals surface area contributed by atoms with Gasteiger partial charge in [0.15, 0.2) is 11.5 Å². The molecule has 3 aromatic rings. The van der Waals surface area contributed by atoms with Crippen LogP contribution in [0, 0.1) is 6.92 Å². The van der Waals surface area contributed by atoms with Crippen molar-refractivity contribution in [3.05, 3.63) is 47.8 Å². The zero-order valence-electron chi connectivity index (χ0n) is 11.5. The highest BCUT2D eigenvalue weighted by Gasteiger charge is 2.18. The van der Waals surface area contributed by atoms with Crippen LogP contribution < -0.4 is 9.47 Å². The van der Waals surface area contributed by atoms with Gasteiger partial charge in [-0.05, 0) is 42.8 Å². The highest BCUT2D eigenvalue weighted by molar-refractivity contribution is 5.69. The topological polar surface area (TPSA) is 56.0 Å². The molecule has 0 radical (unpaired) electrons. The molecule has 0 unspecified atom stereocenters. The molecule has 2 aromatic heterocycles. The maximum Gasteiger partial charge on any atom is 0.231 e. The van der Waals surface area contributed by atoms with E-state index >= 15 is 0 Å². The summed E-state index contributed by atoms with van der Waals surface area (Å²) in [6.07, 6.45) is 1.93. The average Bonchev–Trinajstić information content (AvgIpc) is 3.09. The van der Waals surface area contributed by atoms with Crippen LogP contribution >= 0.6 is 0 Å². The molecule has 1 aromatic carbocycles. The number of imidazole rings is 1. The minimum atomic E-state index is -0.0754. The summed E-state index contributed by atoms with van der Waals surface area (Å²) in [7, 11) is 0.